The molecule has 8 heteroatoms. The van der Waals surface area contributed by atoms with E-state index < -0.39 is 23.4 Å². The molecule has 0 saturated heterocycles. The minimum atomic E-state index is -0.553. The first kappa shape index (κ1) is 20.5. The molecule has 0 saturated carbocycles. The van der Waals surface area contributed by atoms with Crippen LogP contribution in [0.25, 0.3) is 10.9 Å². The summed E-state index contributed by atoms with van der Waals surface area (Å²) in [6.07, 6.45) is 2.57. The first-order valence-corrected chi connectivity index (χ1v) is 10.0. The Hall–Kier alpha value is -3.81. The van der Waals surface area contributed by atoms with Crippen molar-refractivity contribution in [2.75, 3.05) is 11.9 Å². The summed E-state index contributed by atoms with van der Waals surface area (Å²) in [5.74, 6) is -0.641. The number of non-ortho nitro benzene ring substituents is 1. The molecule has 1 atom stereocenters. The Morgan fingerprint density at radius 2 is 1.94 bits per heavy atom. The number of benzene rings is 2. The van der Waals surface area contributed by atoms with Crippen molar-refractivity contribution in [3.05, 3.63) is 75.5 Å². The van der Waals surface area contributed by atoms with Gasteiger partial charge in [0.1, 0.15) is 0 Å². The molecule has 0 bridgehead atoms. The fourth-order valence-electron chi connectivity index (χ4n) is 3.86. The first-order chi connectivity index (χ1) is 14.9. The number of hydrogen-bond acceptors (Lipinski definition) is 6. The summed E-state index contributed by atoms with van der Waals surface area (Å²) in [5.41, 5.74) is 3.34. The van der Waals surface area contributed by atoms with Crippen molar-refractivity contribution < 1.29 is 19.2 Å². The van der Waals surface area contributed by atoms with Gasteiger partial charge in [-0.3, -0.25) is 19.9 Å². The number of aryl methyl sites for hydroxylation is 1. The molecule has 1 aromatic heterocycles. The molecule has 1 unspecified atom stereocenters. The summed E-state index contributed by atoms with van der Waals surface area (Å²) in [4.78, 5) is 40.2. The Kier molecular flexibility index (Phi) is 5.62. The van der Waals surface area contributed by atoms with Crippen LogP contribution in [0.3, 0.4) is 0 Å². The maximum absolute atomic E-state index is 13.0. The first-order valence-electron chi connectivity index (χ1n) is 10.0. The molecule has 0 fully saturated rings. The van der Waals surface area contributed by atoms with Crippen LogP contribution < -0.4 is 5.32 Å². The highest BCUT2D eigenvalue weighted by Gasteiger charge is 2.26. The van der Waals surface area contributed by atoms with E-state index in [1.807, 2.05) is 24.3 Å². The summed E-state index contributed by atoms with van der Waals surface area (Å²) >= 11 is 0. The van der Waals surface area contributed by atoms with Gasteiger partial charge in [0.15, 0.2) is 6.61 Å². The van der Waals surface area contributed by atoms with Crippen LogP contribution in [0, 0.1) is 16.0 Å². The molecule has 3 aromatic rings. The lowest BCUT2D eigenvalue weighted by Crippen LogP contribution is -2.23. The van der Waals surface area contributed by atoms with Crippen molar-refractivity contribution in [3.63, 3.8) is 0 Å². The van der Waals surface area contributed by atoms with Gasteiger partial charge in [0, 0.05) is 28.9 Å². The number of anilines is 1. The third-order valence-electron chi connectivity index (χ3n) is 5.41. The van der Waals surface area contributed by atoms with Gasteiger partial charge in [0.2, 0.25) is 0 Å². The van der Waals surface area contributed by atoms with Crippen molar-refractivity contribution >= 4 is 34.2 Å². The summed E-state index contributed by atoms with van der Waals surface area (Å²) < 4.78 is 5.35. The molecule has 1 amide bonds. The van der Waals surface area contributed by atoms with Gasteiger partial charge in [-0.1, -0.05) is 25.1 Å². The number of nitro benzene ring substituents is 1. The number of amides is 1. The van der Waals surface area contributed by atoms with E-state index in [1.165, 1.54) is 24.3 Å². The van der Waals surface area contributed by atoms with E-state index in [1.54, 1.807) is 0 Å². The average molecular weight is 419 g/mol. The number of nitro groups is 1. The SMILES string of the molecule is CC1CCc2nc3ccccc3c(C(=O)OCC(=O)Nc3ccc([N+](=O)[O-])cc3)c2C1. The number of carbonyl (C=O) groups is 2. The number of pyridine rings is 1. The number of hydrogen-bond donors (Lipinski definition) is 1. The number of para-hydroxylation sites is 1. The van der Waals surface area contributed by atoms with Gasteiger partial charge in [-0.25, -0.2) is 4.79 Å². The standard InChI is InChI=1S/C23H21N3O5/c1-14-6-11-20-18(12-14)22(17-4-2-3-5-19(17)25-20)23(28)31-13-21(27)24-15-7-9-16(10-8-15)26(29)30/h2-5,7-10,14H,6,11-13H2,1H3,(H,24,27). The van der Waals surface area contributed by atoms with E-state index in [0.717, 1.165) is 41.4 Å². The number of ether oxygens (including phenoxy) is 1. The molecule has 0 radical (unpaired) electrons. The van der Waals surface area contributed by atoms with Crippen molar-refractivity contribution in [3.8, 4) is 0 Å². The summed E-state index contributed by atoms with van der Waals surface area (Å²) in [7, 11) is 0. The molecule has 1 aliphatic carbocycles. The quantitative estimate of drug-likeness (QED) is 0.379. The lowest BCUT2D eigenvalue weighted by molar-refractivity contribution is -0.384. The minimum Gasteiger partial charge on any atom is -0.452 e. The zero-order valence-electron chi connectivity index (χ0n) is 17.0. The van der Waals surface area contributed by atoms with Gasteiger partial charge >= 0.3 is 5.97 Å². The third-order valence-corrected chi connectivity index (χ3v) is 5.41. The smallest absolute Gasteiger partial charge is 0.339 e. The maximum atomic E-state index is 13.0. The predicted octanol–water partition coefficient (Wildman–Crippen LogP) is 4.06. The van der Waals surface area contributed by atoms with E-state index in [0.29, 0.717) is 17.2 Å². The third kappa shape index (κ3) is 4.37. The summed E-state index contributed by atoms with van der Waals surface area (Å²) in [6.45, 7) is 1.68. The Balaban J connectivity index is 1.51. The van der Waals surface area contributed by atoms with Gasteiger partial charge in [-0.05, 0) is 48.9 Å². The second-order valence-corrected chi connectivity index (χ2v) is 7.71. The van der Waals surface area contributed by atoms with Crippen LogP contribution in [0.5, 0.6) is 0 Å². The van der Waals surface area contributed by atoms with Gasteiger partial charge in [-0.2, -0.15) is 0 Å². The second-order valence-electron chi connectivity index (χ2n) is 7.71. The summed E-state index contributed by atoms with van der Waals surface area (Å²) in [5, 5.41) is 14.0. The Morgan fingerprint density at radius 3 is 2.68 bits per heavy atom. The molecule has 1 heterocycles. The zero-order valence-corrected chi connectivity index (χ0v) is 17.0. The van der Waals surface area contributed by atoms with Crippen LogP contribution in [-0.4, -0.2) is 28.4 Å². The van der Waals surface area contributed by atoms with Crippen LogP contribution in [0.4, 0.5) is 11.4 Å². The monoisotopic (exact) mass is 419 g/mol. The number of rotatable bonds is 5. The van der Waals surface area contributed by atoms with Gasteiger partial charge in [0.05, 0.1) is 16.0 Å². The molecule has 4 rings (SSSR count). The van der Waals surface area contributed by atoms with Crippen molar-refractivity contribution in [2.45, 2.75) is 26.2 Å². The van der Waals surface area contributed by atoms with Crippen molar-refractivity contribution in [1.82, 2.24) is 4.98 Å². The number of aromatic nitrogens is 1. The largest absolute Gasteiger partial charge is 0.452 e. The van der Waals surface area contributed by atoms with Crippen molar-refractivity contribution in [2.24, 2.45) is 5.92 Å². The van der Waals surface area contributed by atoms with E-state index in [-0.39, 0.29) is 5.69 Å². The van der Waals surface area contributed by atoms with Crippen LogP contribution in [-0.2, 0) is 22.4 Å². The Bertz CT molecular complexity index is 1170. The molecule has 2 aromatic carbocycles. The lowest BCUT2D eigenvalue weighted by Gasteiger charge is -2.24. The maximum Gasteiger partial charge on any atom is 0.339 e. The van der Waals surface area contributed by atoms with E-state index >= 15 is 0 Å². The van der Waals surface area contributed by atoms with Gasteiger partial charge in [-0.15, -0.1) is 0 Å². The zero-order chi connectivity index (χ0) is 22.0. The van der Waals surface area contributed by atoms with Crippen molar-refractivity contribution in [1.29, 1.82) is 0 Å². The highest BCUT2D eigenvalue weighted by atomic mass is 16.6. The molecule has 0 aliphatic heterocycles. The Labute approximate surface area is 178 Å². The topological polar surface area (TPSA) is 111 Å². The van der Waals surface area contributed by atoms with Gasteiger partial charge in [0.25, 0.3) is 11.6 Å². The number of nitrogens with one attached hydrogen (secondary N) is 1. The van der Waals surface area contributed by atoms with E-state index in [4.69, 9.17) is 9.72 Å². The highest BCUT2D eigenvalue weighted by molar-refractivity contribution is 6.06. The number of carbonyl (C=O) groups excluding carboxylic acids is 2. The molecular weight excluding hydrogens is 398 g/mol. The number of nitrogens with zero attached hydrogens (tertiary/aromatic N) is 2. The fourth-order valence-corrected chi connectivity index (χ4v) is 3.86. The second kappa shape index (κ2) is 8.51. The molecule has 158 valence electrons. The number of fused-ring (bicyclic) bond motifs is 2. The molecule has 1 aliphatic rings. The molecular formula is C23H21N3O5. The molecule has 31 heavy (non-hydrogen) atoms. The minimum absolute atomic E-state index is 0.0759. The predicted molar refractivity (Wildman–Crippen MR) is 115 cm³/mol. The van der Waals surface area contributed by atoms with Crippen LogP contribution >= 0.6 is 0 Å². The van der Waals surface area contributed by atoms with E-state index in [9.17, 15) is 19.7 Å². The van der Waals surface area contributed by atoms with Crippen LogP contribution in [0.15, 0.2) is 48.5 Å². The lowest BCUT2D eigenvalue weighted by atomic mass is 9.84. The average Bonchev–Trinajstić information content (AvgIpc) is 2.76. The Morgan fingerprint density at radius 1 is 1.19 bits per heavy atom. The molecule has 1 N–H and O–H groups in total. The van der Waals surface area contributed by atoms with E-state index in [2.05, 4.69) is 12.2 Å². The molecule has 0 spiro atoms. The number of esters is 1. The normalized spacial score (nSPS) is 15.2. The molecule has 8 nitrogen and oxygen atoms in total. The highest BCUT2D eigenvalue weighted by Crippen LogP contribution is 2.32. The summed E-state index contributed by atoms with van der Waals surface area (Å²) in [6, 6.07) is 12.9. The van der Waals surface area contributed by atoms with Crippen LogP contribution in [0.1, 0.15) is 35.0 Å². The fraction of sp³-hybridized carbons (Fsp3) is 0.261. The van der Waals surface area contributed by atoms with Gasteiger partial charge < -0.3 is 10.1 Å². The van der Waals surface area contributed by atoms with Crippen LogP contribution in [0.2, 0.25) is 0 Å².